The molecule has 1 aromatic carbocycles. The second-order valence-corrected chi connectivity index (χ2v) is 6.48. The number of aliphatic hydroxyl groups is 1. The van der Waals surface area contributed by atoms with E-state index in [4.69, 9.17) is 0 Å². The number of nitrogens with one attached hydrogen (secondary N) is 2. The Kier molecular flexibility index (Phi) is 5.31. The quantitative estimate of drug-likeness (QED) is 0.774. The minimum Gasteiger partial charge on any atom is -0.387 e. The van der Waals surface area contributed by atoms with E-state index >= 15 is 0 Å². The first-order valence-electron chi connectivity index (χ1n) is 6.95. The van der Waals surface area contributed by atoms with Crippen LogP contribution in [0.2, 0.25) is 0 Å². The molecule has 1 unspecified atom stereocenters. The highest BCUT2D eigenvalue weighted by molar-refractivity contribution is 7.99. The van der Waals surface area contributed by atoms with Gasteiger partial charge in [0.25, 0.3) is 0 Å². The van der Waals surface area contributed by atoms with Crippen LogP contribution in [-0.2, 0) is 6.42 Å². The van der Waals surface area contributed by atoms with E-state index in [2.05, 4.69) is 41.8 Å². The van der Waals surface area contributed by atoms with Crippen LogP contribution in [0.5, 0.6) is 0 Å². The van der Waals surface area contributed by atoms with Crippen LogP contribution < -0.4 is 10.6 Å². The molecule has 2 amide bonds. The maximum Gasteiger partial charge on any atom is 0.314 e. The molecular weight excluding hydrogens is 272 g/mol. The lowest BCUT2D eigenvalue weighted by molar-refractivity contribution is 0.0700. The maximum atomic E-state index is 11.6. The molecule has 0 radical (unpaired) electrons. The molecule has 1 atom stereocenters. The monoisotopic (exact) mass is 294 g/mol. The number of hydrogen-bond acceptors (Lipinski definition) is 3. The van der Waals surface area contributed by atoms with Crippen LogP contribution >= 0.6 is 11.8 Å². The highest BCUT2D eigenvalue weighted by atomic mass is 32.2. The molecule has 1 aliphatic heterocycles. The summed E-state index contributed by atoms with van der Waals surface area (Å²) in [6.45, 7) is 2.99. The van der Waals surface area contributed by atoms with Crippen LogP contribution in [-0.4, -0.2) is 41.3 Å². The predicted octanol–water partition coefficient (Wildman–Crippen LogP) is 1.70. The van der Waals surface area contributed by atoms with Crippen molar-refractivity contribution < 1.29 is 9.90 Å². The predicted molar refractivity (Wildman–Crippen MR) is 83.2 cm³/mol. The van der Waals surface area contributed by atoms with E-state index in [1.54, 1.807) is 11.8 Å². The number of benzene rings is 1. The number of carbonyl (C=O) groups excluding carboxylic acids is 1. The van der Waals surface area contributed by atoms with Crippen molar-refractivity contribution in [3.63, 3.8) is 0 Å². The summed E-state index contributed by atoms with van der Waals surface area (Å²) < 4.78 is 0. The number of hydrogen-bond donors (Lipinski definition) is 3. The van der Waals surface area contributed by atoms with Crippen molar-refractivity contribution >= 4 is 17.8 Å². The fraction of sp³-hybridized carbons (Fsp3) is 0.533. The topological polar surface area (TPSA) is 61.4 Å². The molecule has 0 aromatic heterocycles. The second-order valence-electron chi connectivity index (χ2n) is 5.37. The van der Waals surface area contributed by atoms with Crippen molar-refractivity contribution in [2.75, 3.05) is 24.6 Å². The Hall–Kier alpha value is -1.20. The summed E-state index contributed by atoms with van der Waals surface area (Å²) in [7, 11) is 0. The number of aryl methyl sites for hydroxylation is 1. The van der Waals surface area contributed by atoms with Gasteiger partial charge in [-0.15, -0.1) is 0 Å². The van der Waals surface area contributed by atoms with Gasteiger partial charge in [0.15, 0.2) is 0 Å². The molecule has 0 aliphatic carbocycles. The minimum atomic E-state index is -0.723. The van der Waals surface area contributed by atoms with E-state index in [9.17, 15) is 9.90 Å². The van der Waals surface area contributed by atoms with Gasteiger partial charge in [-0.3, -0.25) is 0 Å². The Morgan fingerprint density at radius 2 is 2.10 bits per heavy atom. The van der Waals surface area contributed by atoms with Crippen molar-refractivity contribution in [1.29, 1.82) is 0 Å². The zero-order valence-corrected chi connectivity index (χ0v) is 12.6. The lowest BCUT2D eigenvalue weighted by Gasteiger charge is -2.21. The fourth-order valence-corrected chi connectivity index (χ4v) is 3.41. The fourth-order valence-electron chi connectivity index (χ4n) is 2.12. The highest BCUT2D eigenvalue weighted by Gasteiger charge is 2.31. The molecule has 20 heavy (non-hydrogen) atoms. The molecule has 110 valence electrons. The third kappa shape index (κ3) is 4.72. The van der Waals surface area contributed by atoms with Gasteiger partial charge in [0.1, 0.15) is 0 Å². The lowest BCUT2D eigenvalue weighted by Crippen LogP contribution is -2.46. The Balaban J connectivity index is 1.64. The Labute approximate surface area is 124 Å². The van der Waals surface area contributed by atoms with Gasteiger partial charge in [0.2, 0.25) is 0 Å². The summed E-state index contributed by atoms with van der Waals surface area (Å²) in [4.78, 5) is 11.6. The molecule has 0 saturated carbocycles. The summed E-state index contributed by atoms with van der Waals surface area (Å²) >= 11 is 1.73. The van der Waals surface area contributed by atoms with E-state index in [-0.39, 0.29) is 6.03 Å². The van der Waals surface area contributed by atoms with Crippen LogP contribution in [0.15, 0.2) is 24.3 Å². The molecule has 2 rings (SSSR count). The molecule has 5 heteroatoms. The molecule has 1 aliphatic rings. The van der Waals surface area contributed by atoms with Gasteiger partial charge >= 0.3 is 6.03 Å². The van der Waals surface area contributed by atoms with E-state index < -0.39 is 5.60 Å². The van der Waals surface area contributed by atoms with Gasteiger partial charge in [0.05, 0.1) is 5.60 Å². The van der Waals surface area contributed by atoms with Crippen molar-refractivity contribution in [3.8, 4) is 0 Å². The average molecular weight is 294 g/mol. The summed E-state index contributed by atoms with van der Waals surface area (Å²) in [5.74, 6) is 1.67. The largest absolute Gasteiger partial charge is 0.387 e. The van der Waals surface area contributed by atoms with E-state index in [0.717, 1.165) is 18.6 Å². The third-order valence-electron chi connectivity index (χ3n) is 3.48. The van der Waals surface area contributed by atoms with Crippen molar-refractivity contribution in [3.05, 3.63) is 35.4 Å². The molecule has 3 N–H and O–H groups in total. The summed E-state index contributed by atoms with van der Waals surface area (Å²) in [5.41, 5.74) is 1.72. The standard InChI is InChI=1S/C15H22N2O2S/c1-12-2-4-13(5-3-12)6-8-16-14(18)17-10-15(19)7-9-20-11-15/h2-5,19H,6-11H2,1H3,(H2,16,17,18). The van der Waals surface area contributed by atoms with Crippen molar-refractivity contribution in [1.82, 2.24) is 10.6 Å². The first-order valence-corrected chi connectivity index (χ1v) is 8.10. The van der Waals surface area contributed by atoms with Crippen LogP contribution in [0.3, 0.4) is 0 Å². The lowest BCUT2D eigenvalue weighted by atomic mass is 10.0. The number of thioether (sulfide) groups is 1. The number of urea groups is 1. The molecule has 1 heterocycles. The highest BCUT2D eigenvalue weighted by Crippen LogP contribution is 2.26. The number of rotatable bonds is 5. The molecule has 1 fully saturated rings. The van der Waals surface area contributed by atoms with Crippen LogP contribution in [0.25, 0.3) is 0 Å². The van der Waals surface area contributed by atoms with Crippen LogP contribution in [0, 0.1) is 6.92 Å². The average Bonchev–Trinajstić information content (AvgIpc) is 2.86. The normalized spacial score (nSPS) is 21.7. The molecule has 1 saturated heterocycles. The molecule has 4 nitrogen and oxygen atoms in total. The maximum absolute atomic E-state index is 11.6. The Morgan fingerprint density at radius 3 is 2.75 bits per heavy atom. The minimum absolute atomic E-state index is 0.206. The van der Waals surface area contributed by atoms with Crippen LogP contribution in [0.4, 0.5) is 4.79 Å². The van der Waals surface area contributed by atoms with E-state index in [1.165, 1.54) is 11.1 Å². The van der Waals surface area contributed by atoms with Gasteiger partial charge in [0, 0.05) is 18.8 Å². The first kappa shape index (κ1) is 15.2. The van der Waals surface area contributed by atoms with E-state index in [0.29, 0.717) is 18.8 Å². The molecule has 0 bridgehead atoms. The zero-order chi connectivity index (χ0) is 14.4. The van der Waals surface area contributed by atoms with Gasteiger partial charge in [-0.1, -0.05) is 29.8 Å². The molecule has 1 aromatic rings. The summed E-state index contributed by atoms with van der Waals surface area (Å²) in [6, 6.07) is 8.09. The van der Waals surface area contributed by atoms with Gasteiger partial charge in [-0.05, 0) is 31.1 Å². The van der Waals surface area contributed by atoms with Gasteiger partial charge < -0.3 is 15.7 Å². The first-order chi connectivity index (χ1) is 9.57. The van der Waals surface area contributed by atoms with Crippen molar-refractivity contribution in [2.24, 2.45) is 0 Å². The SMILES string of the molecule is Cc1ccc(CCNC(=O)NCC2(O)CCSC2)cc1. The smallest absolute Gasteiger partial charge is 0.314 e. The van der Waals surface area contributed by atoms with Crippen molar-refractivity contribution in [2.45, 2.75) is 25.4 Å². The molecule has 0 spiro atoms. The summed E-state index contributed by atoms with van der Waals surface area (Å²) in [5, 5.41) is 15.7. The zero-order valence-electron chi connectivity index (χ0n) is 11.8. The van der Waals surface area contributed by atoms with Crippen LogP contribution in [0.1, 0.15) is 17.5 Å². The van der Waals surface area contributed by atoms with Gasteiger partial charge in [-0.25, -0.2) is 4.79 Å². The van der Waals surface area contributed by atoms with Gasteiger partial charge in [-0.2, -0.15) is 11.8 Å². The summed E-state index contributed by atoms with van der Waals surface area (Å²) in [6.07, 6.45) is 1.56. The second kappa shape index (κ2) is 6.99. The Bertz CT molecular complexity index is 442. The number of carbonyl (C=O) groups is 1. The third-order valence-corrected chi connectivity index (χ3v) is 4.71. The van der Waals surface area contributed by atoms with E-state index in [1.807, 2.05) is 0 Å². The Morgan fingerprint density at radius 1 is 1.35 bits per heavy atom. The molecular formula is C15H22N2O2S. The number of amides is 2.